The number of nitrogens with two attached hydrogens (primary N) is 1. The Morgan fingerprint density at radius 1 is 1.33 bits per heavy atom. The van der Waals surface area contributed by atoms with E-state index in [1.165, 1.54) is 6.42 Å². The van der Waals surface area contributed by atoms with E-state index in [-0.39, 0.29) is 0 Å². The summed E-state index contributed by atoms with van der Waals surface area (Å²) >= 11 is 0. The van der Waals surface area contributed by atoms with Gasteiger partial charge in [0.05, 0.1) is 12.2 Å². The van der Waals surface area contributed by atoms with Crippen molar-refractivity contribution in [3.05, 3.63) is 0 Å². The standard InChI is InChI=1S/C10H21NO/c1-7(2)8(3)10-5-4-9(6-11)12-10/h7-10H,4-6,11H2,1-3H3. The lowest BCUT2D eigenvalue weighted by molar-refractivity contribution is 0.00745. The second kappa shape index (κ2) is 4.24. The van der Waals surface area contributed by atoms with Gasteiger partial charge in [-0.05, 0) is 24.7 Å². The van der Waals surface area contributed by atoms with Gasteiger partial charge in [0.25, 0.3) is 0 Å². The molecule has 0 spiro atoms. The molecule has 12 heavy (non-hydrogen) atoms. The zero-order valence-corrected chi connectivity index (χ0v) is 8.42. The van der Waals surface area contributed by atoms with Crippen LogP contribution in [0.2, 0.25) is 0 Å². The van der Waals surface area contributed by atoms with Crippen molar-refractivity contribution in [2.24, 2.45) is 17.6 Å². The van der Waals surface area contributed by atoms with E-state index in [1.807, 2.05) is 0 Å². The average molecular weight is 171 g/mol. The lowest BCUT2D eigenvalue weighted by Gasteiger charge is -2.23. The van der Waals surface area contributed by atoms with Crippen molar-refractivity contribution in [1.82, 2.24) is 0 Å². The zero-order valence-electron chi connectivity index (χ0n) is 8.42. The smallest absolute Gasteiger partial charge is 0.0702 e. The molecule has 3 unspecified atom stereocenters. The highest BCUT2D eigenvalue weighted by atomic mass is 16.5. The summed E-state index contributed by atoms with van der Waals surface area (Å²) in [6.45, 7) is 7.46. The lowest BCUT2D eigenvalue weighted by atomic mass is 9.91. The van der Waals surface area contributed by atoms with Crippen molar-refractivity contribution >= 4 is 0 Å². The monoisotopic (exact) mass is 171 g/mol. The van der Waals surface area contributed by atoms with Crippen LogP contribution >= 0.6 is 0 Å². The van der Waals surface area contributed by atoms with Crippen LogP contribution in [-0.4, -0.2) is 18.8 Å². The number of hydrogen-bond acceptors (Lipinski definition) is 2. The first-order valence-corrected chi connectivity index (χ1v) is 5.00. The first kappa shape index (κ1) is 10.0. The molecule has 2 nitrogen and oxygen atoms in total. The Labute approximate surface area is 75.5 Å². The number of hydrogen-bond donors (Lipinski definition) is 1. The fourth-order valence-electron chi connectivity index (χ4n) is 1.72. The molecule has 0 aliphatic carbocycles. The Bertz CT molecular complexity index is 136. The van der Waals surface area contributed by atoms with Gasteiger partial charge in [-0.3, -0.25) is 0 Å². The van der Waals surface area contributed by atoms with E-state index in [2.05, 4.69) is 20.8 Å². The third-order valence-corrected chi connectivity index (χ3v) is 3.04. The van der Waals surface area contributed by atoms with Crippen LogP contribution in [0.5, 0.6) is 0 Å². The minimum atomic E-state index is 0.330. The second-order valence-corrected chi connectivity index (χ2v) is 4.21. The third-order valence-electron chi connectivity index (χ3n) is 3.04. The summed E-state index contributed by atoms with van der Waals surface area (Å²) in [6, 6.07) is 0. The molecule has 0 amide bonds. The summed E-state index contributed by atoms with van der Waals surface area (Å²) in [4.78, 5) is 0. The summed E-state index contributed by atoms with van der Waals surface area (Å²) in [6.07, 6.45) is 3.13. The molecule has 2 N–H and O–H groups in total. The maximum absolute atomic E-state index is 5.81. The normalized spacial score (nSPS) is 32.8. The van der Waals surface area contributed by atoms with Crippen molar-refractivity contribution in [2.45, 2.75) is 45.8 Å². The first-order valence-electron chi connectivity index (χ1n) is 5.00. The van der Waals surface area contributed by atoms with E-state index >= 15 is 0 Å². The molecule has 72 valence electrons. The van der Waals surface area contributed by atoms with Gasteiger partial charge in [-0.1, -0.05) is 20.8 Å². The van der Waals surface area contributed by atoms with Gasteiger partial charge < -0.3 is 10.5 Å². The molecule has 1 heterocycles. The highest BCUT2D eigenvalue weighted by Gasteiger charge is 2.29. The number of ether oxygens (including phenoxy) is 1. The van der Waals surface area contributed by atoms with E-state index in [4.69, 9.17) is 10.5 Å². The largest absolute Gasteiger partial charge is 0.373 e. The van der Waals surface area contributed by atoms with Crippen LogP contribution in [0.25, 0.3) is 0 Å². The van der Waals surface area contributed by atoms with Crippen molar-refractivity contribution in [3.8, 4) is 0 Å². The van der Waals surface area contributed by atoms with Crippen LogP contribution in [0, 0.1) is 11.8 Å². The molecular formula is C10H21NO. The zero-order chi connectivity index (χ0) is 9.14. The van der Waals surface area contributed by atoms with E-state index in [0.29, 0.717) is 30.6 Å². The Morgan fingerprint density at radius 3 is 2.42 bits per heavy atom. The second-order valence-electron chi connectivity index (χ2n) is 4.21. The predicted molar refractivity (Wildman–Crippen MR) is 51.0 cm³/mol. The van der Waals surface area contributed by atoms with Gasteiger partial charge in [0.15, 0.2) is 0 Å². The topological polar surface area (TPSA) is 35.2 Å². The summed E-state index contributed by atoms with van der Waals surface area (Å²) in [5, 5.41) is 0. The maximum atomic E-state index is 5.81. The highest BCUT2D eigenvalue weighted by molar-refractivity contribution is 4.79. The van der Waals surface area contributed by atoms with Gasteiger partial charge in [-0.25, -0.2) is 0 Å². The van der Waals surface area contributed by atoms with Gasteiger partial charge >= 0.3 is 0 Å². The summed E-state index contributed by atoms with van der Waals surface area (Å²) in [5.74, 6) is 1.38. The van der Waals surface area contributed by atoms with Gasteiger partial charge in [-0.15, -0.1) is 0 Å². The molecule has 0 aromatic heterocycles. The molecule has 3 atom stereocenters. The van der Waals surface area contributed by atoms with Crippen molar-refractivity contribution in [1.29, 1.82) is 0 Å². The Morgan fingerprint density at radius 2 is 2.00 bits per heavy atom. The Kier molecular flexibility index (Phi) is 3.53. The average Bonchev–Trinajstić information content (AvgIpc) is 2.50. The first-order chi connectivity index (χ1) is 5.65. The van der Waals surface area contributed by atoms with Crippen LogP contribution in [0.3, 0.4) is 0 Å². The molecule has 1 rings (SSSR count). The molecule has 0 radical (unpaired) electrons. The Balaban J connectivity index is 2.35. The quantitative estimate of drug-likeness (QED) is 0.702. The molecule has 1 aliphatic rings. The van der Waals surface area contributed by atoms with Gasteiger partial charge in [-0.2, -0.15) is 0 Å². The fourth-order valence-corrected chi connectivity index (χ4v) is 1.72. The van der Waals surface area contributed by atoms with Crippen LogP contribution in [0.1, 0.15) is 33.6 Å². The van der Waals surface area contributed by atoms with Gasteiger partial charge in [0.1, 0.15) is 0 Å². The molecule has 1 fully saturated rings. The third kappa shape index (κ3) is 2.20. The molecule has 1 saturated heterocycles. The fraction of sp³-hybridized carbons (Fsp3) is 1.00. The van der Waals surface area contributed by atoms with E-state index < -0.39 is 0 Å². The van der Waals surface area contributed by atoms with Crippen LogP contribution in [0.4, 0.5) is 0 Å². The van der Waals surface area contributed by atoms with Crippen molar-refractivity contribution < 1.29 is 4.74 Å². The highest BCUT2D eigenvalue weighted by Crippen LogP contribution is 2.28. The Hall–Kier alpha value is -0.0800. The molecule has 0 aromatic rings. The molecule has 1 aliphatic heterocycles. The molecule has 2 heteroatoms. The van der Waals surface area contributed by atoms with E-state index in [9.17, 15) is 0 Å². The summed E-state index contributed by atoms with van der Waals surface area (Å²) < 4.78 is 5.81. The summed E-state index contributed by atoms with van der Waals surface area (Å²) in [7, 11) is 0. The van der Waals surface area contributed by atoms with E-state index in [0.717, 1.165) is 6.42 Å². The lowest BCUT2D eigenvalue weighted by Crippen LogP contribution is -2.26. The van der Waals surface area contributed by atoms with Crippen LogP contribution in [-0.2, 0) is 4.74 Å². The van der Waals surface area contributed by atoms with Crippen molar-refractivity contribution in [3.63, 3.8) is 0 Å². The minimum Gasteiger partial charge on any atom is -0.373 e. The van der Waals surface area contributed by atoms with Crippen LogP contribution in [0.15, 0.2) is 0 Å². The number of rotatable bonds is 3. The van der Waals surface area contributed by atoms with Gasteiger partial charge in [0, 0.05) is 6.54 Å². The molecule has 0 saturated carbocycles. The minimum absolute atomic E-state index is 0.330. The van der Waals surface area contributed by atoms with Gasteiger partial charge in [0.2, 0.25) is 0 Å². The molecule has 0 bridgehead atoms. The molecule has 0 aromatic carbocycles. The maximum Gasteiger partial charge on any atom is 0.0702 e. The van der Waals surface area contributed by atoms with Crippen LogP contribution < -0.4 is 5.73 Å². The van der Waals surface area contributed by atoms with E-state index in [1.54, 1.807) is 0 Å². The predicted octanol–water partition coefficient (Wildman–Crippen LogP) is 1.78. The SMILES string of the molecule is CC(C)C(C)C1CCC(CN)O1. The van der Waals surface area contributed by atoms with Crippen molar-refractivity contribution in [2.75, 3.05) is 6.54 Å². The summed E-state index contributed by atoms with van der Waals surface area (Å²) in [5.41, 5.74) is 5.55. The molecular weight excluding hydrogens is 150 g/mol.